The lowest BCUT2D eigenvalue weighted by Gasteiger charge is -2.25. The number of alkyl halides is 1. The second-order valence-corrected chi connectivity index (χ2v) is 2.39. The molecule has 6 nitrogen and oxygen atoms in total. The van der Waals surface area contributed by atoms with Gasteiger partial charge in [0.1, 0.15) is 0 Å². The molecule has 1 saturated heterocycles. The zero-order valence-electron chi connectivity index (χ0n) is 6.67. The van der Waals surface area contributed by atoms with Crippen LogP contribution < -0.4 is 10.6 Å². The number of imide groups is 1. The molecular formula is C6H7FN2O4. The summed E-state index contributed by atoms with van der Waals surface area (Å²) in [7, 11) is 0. The molecule has 0 bridgehead atoms. The van der Waals surface area contributed by atoms with Crippen LogP contribution in [-0.4, -0.2) is 30.3 Å². The second-order valence-electron chi connectivity index (χ2n) is 2.39. The van der Waals surface area contributed by atoms with Crippen LogP contribution in [0, 0.1) is 0 Å². The second kappa shape index (κ2) is 3.38. The van der Waals surface area contributed by atoms with E-state index in [0.29, 0.717) is 0 Å². The van der Waals surface area contributed by atoms with Crippen LogP contribution in [0.2, 0.25) is 0 Å². The fourth-order valence-electron chi connectivity index (χ4n) is 0.825. The molecule has 2 N–H and O–H groups in total. The summed E-state index contributed by atoms with van der Waals surface area (Å²) in [5.74, 6) is -1.89. The molecule has 7 heteroatoms. The number of urea groups is 1. The van der Waals surface area contributed by atoms with Gasteiger partial charge in [0.05, 0.1) is 0 Å². The van der Waals surface area contributed by atoms with Crippen molar-refractivity contribution in [3.05, 3.63) is 0 Å². The predicted octanol–water partition coefficient (Wildman–Crippen LogP) is -0.947. The number of ether oxygens (including phenoxy) is 1. The fraction of sp³-hybridized carbons (Fsp3) is 0.500. The highest BCUT2D eigenvalue weighted by atomic mass is 19.1. The number of hydrogen-bond acceptors (Lipinski definition) is 4. The molecule has 0 radical (unpaired) electrons. The smallest absolute Gasteiger partial charge is 0.324 e. The van der Waals surface area contributed by atoms with Gasteiger partial charge in [-0.15, -0.1) is 0 Å². The Bertz CT molecular complexity index is 265. The van der Waals surface area contributed by atoms with Crippen molar-refractivity contribution in [2.24, 2.45) is 0 Å². The maximum absolute atomic E-state index is 12.9. The van der Waals surface area contributed by atoms with Crippen molar-refractivity contribution in [3.63, 3.8) is 0 Å². The van der Waals surface area contributed by atoms with Crippen molar-refractivity contribution in [2.45, 2.75) is 19.3 Å². The third kappa shape index (κ3) is 2.14. The summed E-state index contributed by atoms with van der Waals surface area (Å²) in [6.07, 6.45) is -3.60. The van der Waals surface area contributed by atoms with E-state index in [1.807, 2.05) is 5.32 Å². The molecule has 1 fully saturated rings. The van der Waals surface area contributed by atoms with Gasteiger partial charge >= 0.3 is 12.0 Å². The predicted molar refractivity (Wildman–Crippen MR) is 37.1 cm³/mol. The van der Waals surface area contributed by atoms with Gasteiger partial charge in [0.2, 0.25) is 12.4 Å². The van der Waals surface area contributed by atoms with E-state index in [0.717, 1.165) is 6.92 Å². The van der Waals surface area contributed by atoms with Crippen LogP contribution in [0.15, 0.2) is 0 Å². The lowest BCUT2D eigenvalue weighted by molar-refractivity contribution is -0.155. The van der Waals surface area contributed by atoms with Crippen LogP contribution in [0.5, 0.6) is 0 Å². The van der Waals surface area contributed by atoms with Gasteiger partial charge in [0.25, 0.3) is 5.91 Å². The summed E-state index contributed by atoms with van der Waals surface area (Å²) >= 11 is 0. The molecule has 0 aromatic heterocycles. The normalized spacial score (nSPS) is 27.5. The average Bonchev–Trinajstić information content (AvgIpc) is 1.98. The SMILES string of the molecule is CC(=O)OC1NC(=O)NC(=O)C1F. The van der Waals surface area contributed by atoms with Crippen LogP contribution in [-0.2, 0) is 14.3 Å². The summed E-state index contributed by atoms with van der Waals surface area (Å²) in [6.45, 7) is 1.05. The molecule has 13 heavy (non-hydrogen) atoms. The molecule has 3 amide bonds. The average molecular weight is 190 g/mol. The van der Waals surface area contributed by atoms with Crippen molar-refractivity contribution in [3.8, 4) is 0 Å². The highest BCUT2D eigenvalue weighted by Crippen LogP contribution is 2.05. The number of rotatable bonds is 1. The number of nitrogens with one attached hydrogen (secondary N) is 2. The molecule has 2 atom stereocenters. The molecule has 72 valence electrons. The zero-order valence-corrected chi connectivity index (χ0v) is 6.67. The number of esters is 1. The Hall–Kier alpha value is -1.66. The van der Waals surface area contributed by atoms with Gasteiger partial charge in [0, 0.05) is 6.92 Å². The zero-order chi connectivity index (χ0) is 10.0. The van der Waals surface area contributed by atoms with Gasteiger partial charge in [-0.05, 0) is 0 Å². The number of halogens is 1. The van der Waals surface area contributed by atoms with Crippen LogP contribution in [0.1, 0.15) is 6.92 Å². The first kappa shape index (κ1) is 9.43. The minimum absolute atomic E-state index is 0.775. The number of hydrogen-bond donors (Lipinski definition) is 2. The van der Waals surface area contributed by atoms with E-state index in [1.165, 1.54) is 0 Å². The third-order valence-corrected chi connectivity index (χ3v) is 1.32. The van der Waals surface area contributed by atoms with E-state index in [4.69, 9.17) is 0 Å². The van der Waals surface area contributed by atoms with Crippen molar-refractivity contribution in [1.29, 1.82) is 0 Å². The van der Waals surface area contributed by atoms with E-state index < -0.39 is 30.3 Å². The molecule has 0 saturated carbocycles. The first-order chi connectivity index (χ1) is 6.00. The standard InChI is InChI=1S/C6H7FN2O4/c1-2(10)13-5-3(7)4(11)8-6(12)9-5/h3,5H,1H3,(H2,8,9,11,12). The van der Waals surface area contributed by atoms with Crippen LogP contribution in [0.3, 0.4) is 0 Å². The first-order valence-electron chi connectivity index (χ1n) is 3.43. The molecule has 1 rings (SSSR count). The van der Waals surface area contributed by atoms with Gasteiger partial charge < -0.3 is 4.74 Å². The fourth-order valence-corrected chi connectivity index (χ4v) is 0.825. The highest BCUT2D eigenvalue weighted by molar-refractivity contribution is 5.99. The van der Waals surface area contributed by atoms with Gasteiger partial charge in [-0.1, -0.05) is 0 Å². The minimum Gasteiger partial charge on any atom is -0.438 e. The summed E-state index contributed by atoms with van der Waals surface area (Å²) in [5.41, 5.74) is 0. The Morgan fingerprint density at radius 3 is 2.69 bits per heavy atom. The summed E-state index contributed by atoms with van der Waals surface area (Å²) in [5, 5.41) is 3.62. The van der Waals surface area contributed by atoms with Crippen LogP contribution in [0.25, 0.3) is 0 Å². The molecule has 1 heterocycles. The van der Waals surface area contributed by atoms with Crippen LogP contribution in [0.4, 0.5) is 9.18 Å². The maximum Gasteiger partial charge on any atom is 0.324 e. The Balaban J connectivity index is 2.66. The molecule has 0 spiro atoms. The minimum atomic E-state index is -2.07. The third-order valence-electron chi connectivity index (χ3n) is 1.32. The van der Waals surface area contributed by atoms with E-state index in [1.54, 1.807) is 5.32 Å². The number of amides is 3. The largest absolute Gasteiger partial charge is 0.438 e. The van der Waals surface area contributed by atoms with E-state index >= 15 is 0 Å². The van der Waals surface area contributed by atoms with Crippen LogP contribution >= 0.6 is 0 Å². The molecule has 0 aromatic rings. The van der Waals surface area contributed by atoms with Crippen molar-refractivity contribution in [2.75, 3.05) is 0 Å². The number of carbonyl (C=O) groups excluding carboxylic acids is 3. The highest BCUT2D eigenvalue weighted by Gasteiger charge is 2.37. The van der Waals surface area contributed by atoms with E-state index in [2.05, 4.69) is 4.74 Å². The first-order valence-corrected chi connectivity index (χ1v) is 3.43. The molecule has 1 aliphatic rings. The number of carbonyl (C=O) groups is 3. The Kier molecular flexibility index (Phi) is 2.45. The lowest BCUT2D eigenvalue weighted by Crippen LogP contribution is -2.60. The molecule has 0 aliphatic carbocycles. The monoisotopic (exact) mass is 190 g/mol. The van der Waals surface area contributed by atoms with Gasteiger partial charge in [-0.3, -0.25) is 20.2 Å². The summed E-state index contributed by atoms with van der Waals surface area (Å²) < 4.78 is 17.2. The summed E-state index contributed by atoms with van der Waals surface area (Å²) in [6, 6.07) is -0.884. The Morgan fingerprint density at radius 1 is 1.54 bits per heavy atom. The van der Waals surface area contributed by atoms with Gasteiger partial charge in [-0.2, -0.15) is 0 Å². The topological polar surface area (TPSA) is 84.5 Å². The maximum atomic E-state index is 12.9. The molecule has 1 aliphatic heterocycles. The summed E-state index contributed by atoms with van der Waals surface area (Å²) in [4.78, 5) is 31.7. The Labute approximate surface area is 72.4 Å². The van der Waals surface area contributed by atoms with Gasteiger partial charge in [-0.25, -0.2) is 9.18 Å². The van der Waals surface area contributed by atoms with Crippen molar-refractivity contribution in [1.82, 2.24) is 10.6 Å². The molecule has 2 unspecified atom stereocenters. The van der Waals surface area contributed by atoms with E-state index in [-0.39, 0.29) is 0 Å². The molecule has 0 aromatic carbocycles. The van der Waals surface area contributed by atoms with Crippen molar-refractivity contribution >= 4 is 17.9 Å². The van der Waals surface area contributed by atoms with Gasteiger partial charge in [0.15, 0.2) is 0 Å². The Morgan fingerprint density at radius 2 is 2.15 bits per heavy atom. The van der Waals surface area contributed by atoms with Crippen molar-refractivity contribution < 1.29 is 23.5 Å². The molecular weight excluding hydrogens is 183 g/mol. The lowest BCUT2D eigenvalue weighted by atomic mass is 10.3. The van der Waals surface area contributed by atoms with E-state index in [9.17, 15) is 18.8 Å². The quantitative estimate of drug-likeness (QED) is 0.522.